The van der Waals surface area contributed by atoms with Crippen molar-refractivity contribution in [1.29, 1.82) is 0 Å². The van der Waals surface area contributed by atoms with Gasteiger partial charge in [0.15, 0.2) is 0 Å². The Morgan fingerprint density at radius 2 is 1.88 bits per heavy atom. The molecular formula is C14H28N2. The van der Waals surface area contributed by atoms with Gasteiger partial charge in [-0.1, -0.05) is 13.8 Å². The summed E-state index contributed by atoms with van der Waals surface area (Å²) in [5, 5.41) is 0. The maximum Gasteiger partial charge on any atom is 0.0124 e. The quantitative estimate of drug-likeness (QED) is 0.655. The van der Waals surface area contributed by atoms with Crippen molar-refractivity contribution in [3.63, 3.8) is 0 Å². The fraction of sp³-hybridized carbons (Fsp3) is 1.00. The van der Waals surface area contributed by atoms with Crippen LogP contribution < -0.4 is 0 Å². The van der Waals surface area contributed by atoms with Gasteiger partial charge in [0.25, 0.3) is 0 Å². The molecule has 0 bridgehead atoms. The second kappa shape index (κ2) is 5.05. The first kappa shape index (κ1) is 12.4. The number of hydrogen-bond acceptors (Lipinski definition) is 2. The molecule has 2 heteroatoms. The van der Waals surface area contributed by atoms with Crippen LogP contribution in [0.15, 0.2) is 0 Å². The first-order valence-corrected chi connectivity index (χ1v) is 7.02. The van der Waals surface area contributed by atoms with E-state index in [4.69, 9.17) is 0 Å². The first-order valence-electron chi connectivity index (χ1n) is 7.02. The van der Waals surface area contributed by atoms with E-state index in [0.29, 0.717) is 0 Å². The van der Waals surface area contributed by atoms with E-state index in [1.165, 1.54) is 38.8 Å². The van der Waals surface area contributed by atoms with E-state index in [9.17, 15) is 0 Å². The van der Waals surface area contributed by atoms with Crippen LogP contribution in [0.4, 0.5) is 0 Å². The number of hydrogen-bond donors (Lipinski definition) is 0. The van der Waals surface area contributed by atoms with Crippen molar-refractivity contribution in [2.45, 2.75) is 51.6 Å². The minimum atomic E-state index is 0.880. The van der Waals surface area contributed by atoms with Gasteiger partial charge in [-0.15, -0.1) is 0 Å². The molecule has 2 aliphatic carbocycles. The van der Waals surface area contributed by atoms with E-state index >= 15 is 0 Å². The maximum atomic E-state index is 2.57. The highest BCUT2D eigenvalue weighted by Crippen LogP contribution is 2.40. The van der Waals surface area contributed by atoms with Crippen LogP contribution in [0.2, 0.25) is 0 Å². The zero-order valence-corrected chi connectivity index (χ0v) is 11.4. The van der Waals surface area contributed by atoms with Crippen LogP contribution in [-0.2, 0) is 0 Å². The molecule has 0 aromatic heterocycles. The molecule has 0 spiro atoms. The molecule has 0 aliphatic heterocycles. The summed E-state index contributed by atoms with van der Waals surface area (Å²) in [6.07, 6.45) is 5.76. The zero-order chi connectivity index (χ0) is 11.7. The summed E-state index contributed by atoms with van der Waals surface area (Å²) in [5.41, 5.74) is 0. The van der Waals surface area contributed by atoms with E-state index in [1.807, 2.05) is 0 Å². The Hall–Kier alpha value is -0.0800. The third-order valence-electron chi connectivity index (χ3n) is 4.43. The summed E-state index contributed by atoms with van der Waals surface area (Å²) in [6.45, 7) is 7.21. The van der Waals surface area contributed by atoms with Crippen molar-refractivity contribution in [3.05, 3.63) is 0 Å². The smallest absolute Gasteiger partial charge is 0.0124 e. The summed E-state index contributed by atoms with van der Waals surface area (Å²) in [6, 6.07) is 1.83. The van der Waals surface area contributed by atoms with Crippen LogP contribution in [0.25, 0.3) is 0 Å². The zero-order valence-electron chi connectivity index (χ0n) is 11.4. The van der Waals surface area contributed by atoms with E-state index in [0.717, 1.165) is 23.9 Å². The Morgan fingerprint density at radius 1 is 1.19 bits per heavy atom. The van der Waals surface area contributed by atoms with Crippen molar-refractivity contribution in [3.8, 4) is 0 Å². The number of rotatable bonds is 7. The summed E-state index contributed by atoms with van der Waals surface area (Å²) < 4.78 is 0. The van der Waals surface area contributed by atoms with E-state index < -0.39 is 0 Å². The predicted octanol–water partition coefficient (Wildman–Crippen LogP) is 2.45. The molecule has 2 saturated carbocycles. The first-order chi connectivity index (χ1) is 7.61. The van der Waals surface area contributed by atoms with Crippen LogP contribution in [-0.4, -0.2) is 49.1 Å². The fourth-order valence-electron chi connectivity index (χ4n) is 3.01. The van der Waals surface area contributed by atoms with Gasteiger partial charge in [-0.05, 0) is 58.2 Å². The van der Waals surface area contributed by atoms with Crippen LogP contribution >= 0.6 is 0 Å². The predicted molar refractivity (Wildman–Crippen MR) is 69.6 cm³/mol. The minimum Gasteiger partial charge on any atom is -0.303 e. The van der Waals surface area contributed by atoms with Gasteiger partial charge < -0.3 is 9.80 Å². The van der Waals surface area contributed by atoms with Gasteiger partial charge in [0.1, 0.15) is 0 Å². The molecule has 2 rings (SSSR count). The number of nitrogens with zero attached hydrogens (tertiary/aromatic N) is 2. The fourth-order valence-corrected chi connectivity index (χ4v) is 3.01. The highest BCUT2D eigenvalue weighted by Gasteiger charge is 2.40. The Balaban J connectivity index is 1.62. The molecule has 0 heterocycles. The van der Waals surface area contributed by atoms with Gasteiger partial charge in [-0.2, -0.15) is 0 Å². The standard InChI is InChI=1S/C14H28N2/c1-5-15(3)14-9-12(14)8-11(2)10-16(4)13-6-7-13/h11-14H,5-10H2,1-4H3. The van der Waals surface area contributed by atoms with Crippen molar-refractivity contribution in [2.75, 3.05) is 27.2 Å². The molecule has 0 amide bonds. The molecule has 2 fully saturated rings. The summed E-state index contributed by atoms with van der Waals surface area (Å²) in [4.78, 5) is 5.09. The van der Waals surface area contributed by atoms with Crippen molar-refractivity contribution in [2.24, 2.45) is 11.8 Å². The minimum absolute atomic E-state index is 0.880. The molecule has 0 radical (unpaired) electrons. The molecule has 94 valence electrons. The van der Waals surface area contributed by atoms with Gasteiger partial charge in [0, 0.05) is 18.6 Å². The highest BCUT2D eigenvalue weighted by molar-refractivity contribution is 4.94. The Morgan fingerprint density at radius 3 is 2.44 bits per heavy atom. The molecule has 0 aromatic carbocycles. The third kappa shape index (κ3) is 3.21. The van der Waals surface area contributed by atoms with Gasteiger partial charge in [-0.25, -0.2) is 0 Å². The van der Waals surface area contributed by atoms with Gasteiger partial charge in [0.05, 0.1) is 0 Å². The van der Waals surface area contributed by atoms with E-state index in [1.54, 1.807) is 0 Å². The molecular weight excluding hydrogens is 196 g/mol. The molecule has 2 nitrogen and oxygen atoms in total. The average Bonchev–Trinajstić information content (AvgIpc) is 3.09. The molecule has 2 aliphatic rings. The van der Waals surface area contributed by atoms with Crippen LogP contribution in [0.1, 0.15) is 39.5 Å². The topological polar surface area (TPSA) is 6.48 Å². The Bertz CT molecular complexity index is 225. The average molecular weight is 224 g/mol. The normalized spacial score (nSPS) is 31.1. The lowest BCUT2D eigenvalue weighted by molar-refractivity contribution is 0.254. The van der Waals surface area contributed by atoms with Gasteiger partial charge >= 0.3 is 0 Å². The lowest BCUT2D eigenvalue weighted by Crippen LogP contribution is -2.27. The van der Waals surface area contributed by atoms with Gasteiger partial charge in [0.2, 0.25) is 0 Å². The SMILES string of the molecule is CCN(C)C1CC1CC(C)CN(C)C1CC1. The largest absolute Gasteiger partial charge is 0.303 e. The van der Waals surface area contributed by atoms with Gasteiger partial charge in [-0.3, -0.25) is 0 Å². The van der Waals surface area contributed by atoms with Crippen LogP contribution in [0.3, 0.4) is 0 Å². The lowest BCUT2D eigenvalue weighted by atomic mass is 10.0. The molecule has 0 saturated heterocycles. The molecule has 3 unspecified atom stereocenters. The Kier molecular flexibility index (Phi) is 3.91. The second-order valence-corrected chi connectivity index (χ2v) is 6.15. The maximum absolute atomic E-state index is 2.57. The molecule has 0 N–H and O–H groups in total. The van der Waals surface area contributed by atoms with E-state index in [-0.39, 0.29) is 0 Å². The van der Waals surface area contributed by atoms with Crippen molar-refractivity contribution >= 4 is 0 Å². The molecule has 0 aromatic rings. The summed E-state index contributed by atoms with van der Waals surface area (Å²) >= 11 is 0. The summed E-state index contributed by atoms with van der Waals surface area (Å²) in [5.74, 6) is 1.87. The molecule has 16 heavy (non-hydrogen) atoms. The van der Waals surface area contributed by atoms with Crippen LogP contribution in [0, 0.1) is 11.8 Å². The lowest BCUT2D eigenvalue weighted by Gasteiger charge is -2.21. The third-order valence-corrected chi connectivity index (χ3v) is 4.43. The molecule has 3 atom stereocenters. The van der Waals surface area contributed by atoms with Crippen molar-refractivity contribution < 1.29 is 0 Å². The second-order valence-electron chi connectivity index (χ2n) is 6.15. The Labute approximate surface area is 101 Å². The monoisotopic (exact) mass is 224 g/mol. The highest BCUT2D eigenvalue weighted by atomic mass is 15.2. The van der Waals surface area contributed by atoms with Crippen molar-refractivity contribution in [1.82, 2.24) is 9.80 Å². The van der Waals surface area contributed by atoms with E-state index in [2.05, 4.69) is 37.7 Å². The van der Waals surface area contributed by atoms with Crippen LogP contribution in [0.5, 0.6) is 0 Å². The summed E-state index contributed by atoms with van der Waals surface area (Å²) in [7, 11) is 4.57.